The van der Waals surface area contributed by atoms with Gasteiger partial charge in [0.25, 0.3) is 0 Å². The third kappa shape index (κ3) is 10.0. The van der Waals surface area contributed by atoms with Crippen LogP contribution in [0.15, 0.2) is 74.1 Å². The molecule has 0 saturated carbocycles. The molecule has 4 rings (SSSR count). The number of aromatic amines is 4. The normalized spacial score (nSPS) is 8.00. The average Bonchev–Trinajstić information content (AvgIpc) is 3.40. The first kappa shape index (κ1) is 14.9. The second-order valence-corrected chi connectivity index (χ2v) is 3.07. The maximum Gasteiger partial charge on any atom is 0.0919 e. The molecule has 0 unspecified atom stereocenters. The van der Waals surface area contributed by atoms with Crippen molar-refractivity contribution in [2.24, 2.45) is 0 Å². The van der Waals surface area contributed by atoms with Crippen LogP contribution in [-0.4, -0.2) is 40.6 Å². The van der Waals surface area contributed by atoms with Crippen LogP contribution >= 0.6 is 0 Å². The zero-order valence-electron chi connectivity index (χ0n) is 10.7. The van der Waals surface area contributed by atoms with E-state index in [9.17, 15) is 0 Å². The van der Waals surface area contributed by atoms with Crippen LogP contribution < -0.4 is 0 Å². The Bertz CT molecular complexity index is 350. The van der Waals surface area contributed by atoms with E-state index in [1.165, 1.54) is 0 Å². The third-order valence-corrected chi connectivity index (χ3v) is 1.64. The van der Waals surface area contributed by atoms with Gasteiger partial charge in [0.1, 0.15) is 0 Å². The minimum Gasteiger partial charge on any atom is -0.368 e. The predicted molar refractivity (Wildman–Crippen MR) is 74.4 cm³/mol. The molecule has 0 spiro atoms. The Labute approximate surface area is 115 Å². The van der Waals surface area contributed by atoms with Crippen molar-refractivity contribution in [2.45, 2.75) is 0 Å². The van der Waals surface area contributed by atoms with Gasteiger partial charge >= 0.3 is 0 Å². The maximum absolute atomic E-state index is 3.67. The Morgan fingerprint density at radius 2 is 1.55 bits per heavy atom. The molecule has 8 heteroatoms. The Morgan fingerprint density at radius 3 is 1.75 bits per heavy atom. The summed E-state index contributed by atoms with van der Waals surface area (Å²) in [6.45, 7) is 0. The van der Waals surface area contributed by atoms with Crippen LogP contribution in [0.5, 0.6) is 0 Å². The van der Waals surface area contributed by atoms with Crippen molar-refractivity contribution < 1.29 is 0 Å². The molecule has 20 heavy (non-hydrogen) atoms. The number of nitrogens with zero attached hydrogens (tertiary/aromatic N) is 4. The summed E-state index contributed by atoms with van der Waals surface area (Å²) in [4.78, 5) is 9.28. The first-order valence-corrected chi connectivity index (χ1v) is 5.75. The van der Waals surface area contributed by atoms with Crippen LogP contribution in [0.3, 0.4) is 0 Å². The molecular formula is C12H16N8. The molecule has 0 radical (unpaired) electrons. The van der Waals surface area contributed by atoms with Gasteiger partial charge in [-0.2, -0.15) is 5.10 Å². The molecule has 8 nitrogen and oxygen atoms in total. The number of nitrogens with one attached hydrogen (secondary N) is 4. The largest absolute Gasteiger partial charge is 0.368 e. The molecule has 0 aliphatic heterocycles. The summed E-state index contributed by atoms with van der Waals surface area (Å²) in [5, 5.41) is 15.5. The summed E-state index contributed by atoms with van der Waals surface area (Å²) < 4.78 is 0. The van der Waals surface area contributed by atoms with Gasteiger partial charge in [0, 0.05) is 43.4 Å². The number of aromatic nitrogens is 8. The van der Waals surface area contributed by atoms with Crippen molar-refractivity contribution in [3.8, 4) is 0 Å². The molecule has 4 aromatic heterocycles. The van der Waals surface area contributed by atoms with Crippen molar-refractivity contribution in [1.29, 1.82) is 0 Å². The maximum atomic E-state index is 3.67. The van der Waals surface area contributed by atoms with Crippen LogP contribution in [0.1, 0.15) is 0 Å². The molecule has 0 atom stereocenters. The zero-order valence-corrected chi connectivity index (χ0v) is 10.7. The van der Waals surface area contributed by atoms with Crippen molar-refractivity contribution in [3.05, 3.63) is 74.1 Å². The lowest BCUT2D eigenvalue weighted by molar-refractivity contribution is 0.940. The topological polar surface area (TPSA) is 115 Å². The van der Waals surface area contributed by atoms with E-state index in [2.05, 4.69) is 40.6 Å². The van der Waals surface area contributed by atoms with Gasteiger partial charge in [0.2, 0.25) is 0 Å². The summed E-state index contributed by atoms with van der Waals surface area (Å²) in [7, 11) is 0. The van der Waals surface area contributed by atoms with Crippen molar-refractivity contribution >= 4 is 0 Å². The fourth-order valence-corrected chi connectivity index (χ4v) is 0.875. The van der Waals surface area contributed by atoms with E-state index in [0.717, 1.165) is 0 Å². The van der Waals surface area contributed by atoms with E-state index in [0.29, 0.717) is 0 Å². The van der Waals surface area contributed by atoms with E-state index in [1.54, 1.807) is 43.5 Å². The lowest BCUT2D eigenvalue weighted by atomic mass is 10.7. The van der Waals surface area contributed by atoms with E-state index < -0.39 is 0 Å². The minimum absolute atomic E-state index is 1.58. The minimum atomic E-state index is 1.58. The summed E-state index contributed by atoms with van der Waals surface area (Å²) in [5.41, 5.74) is 0. The van der Waals surface area contributed by atoms with Crippen LogP contribution in [0.2, 0.25) is 0 Å². The second kappa shape index (κ2) is 12.3. The molecule has 0 saturated heterocycles. The van der Waals surface area contributed by atoms with Crippen LogP contribution in [0.4, 0.5) is 0 Å². The predicted octanol–water partition coefficient (Wildman–Crippen LogP) is 1.64. The van der Waals surface area contributed by atoms with Gasteiger partial charge in [0.15, 0.2) is 0 Å². The summed E-state index contributed by atoms with van der Waals surface area (Å²) in [6.07, 6.45) is 15.5. The first-order valence-electron chi connectivity index (χ1n) is 5.75. The first-order chi connectivity index (χ1) is 10.0. The van der Waals surface area contributed by atoms with Gasteiger partial charge in [-0.1, -0.05) is 5.21 Å². The molecule has 4 heterocycles. The number of H-pyrrole nitrogens is 4. The Kier molecular flexibility index (Phi) is 9.16. The lowest BCUT2D eigenvalue weighted by Crippen LogP contribution is -1.61. The number of hydrogen-bond acceptors (Lipinski definition) is 4. The molecule has 4 N–H and O–H groups in total. The lowest BCUT2D eigenvalue weighted by Gasteiger charge is -1.49. The fourth-order valence-electron chi connectivity index (χ4n) is 0.875. The molecule has 4 aromatic rings. The highest BCUT2D eigenvalue weighted by molar-refractivity contribution is 4.84. The van der Waals surface area contributed by atoms with Crippen molar-refractivity contribution in [2.75, 3.05) is 0 Å². The van der Waals surface area contributed by atoms with E-state index in [4.69, 9.17) is 0 Å². The Morgan fingerprint density at radius 1 is 0.650 bits per heavy atom. The molecule has 0 aliphatic rings. The van der Waals surface area contributed by atoms with E-state index in [1.807, 2.05) is 30.6 Å². The smallest absolute Gasteiger partial charge is 0.0919 e. The monoisotopic (exact) mass is 272 g/mol. The molecule has 104 valence electrons. The van der Waals surface area contributed by atoms with Gasteiger partial charge in [-0.3, -0.25) is 10.2 Å². The Hall–Kier alpha value is -3.16. The molecule has 0 amide bonds. The molecular weight excluding hydrogens is 256 g/mol. The van der Waals surface area contributed by atoms with Crippen molar-refractivity contribution in [3.63, 3.8) is 0 Å². The number of hydrogen-bond donors (Lipinski definition) is 4. The standard InChI is InChI=1S/C4H5N.2C3H4N2.C2H3N3/c1-2-4-5-3-1;1-2-5-3-4-1;2*1-2-4-5-3-1/h1-5H;2*1-3H,(H,4,5);1-2H,(H,3,4,5). The quantitative estimate of drug-likeness (QED) is 0.389. The summed E-state index contributed by atoms with van der Waals surface area (Å²) in [5.74, 6) is 0. The van der Waals surface area contributed by atoms with Crippen molar-refractivity contribution in [1.82, 2.24) is 40.6 Å². The van der Waals surface area contributed by atoms with Crippen LogP contribution in [-0.2, 0) is 0 Å². The summed E-state index contributed by atoms with van der Waals surface area (Å²) in [6, 6.07) is 5.72. The fraction of sp³-hybridized carbons (Fsp3) is 0. The molecule has 0 fully saturated rings. The number of imidazole rings is 1. The van der Waals surface area contributed by atoms with Gasteiger partial charge in [-0.15, -0.1) is 5.10 Å². The van der Waals surface area contributed by atoms with E-state index >= 15 is 0 Å². The third-order valence-electron chi connectivity index (χ3n) is 1.64. The second-order valence-electron chi connectivity index (χ2n) is 3.07. The van der Waals surface area contributed by atoms with Gasteiger partial charge in [0.05, 0.1) is 12.5 Å². The van der Waals surface area contributed by atoms with Gasteiger partial charge in [-0.25, -0.2) is 4.98 Å². The highest BCUT2D eigenvalue weighted by atomic mass is 15.3. The molecule has 0 aromatic carbocycles. The van der Waals surface area contributed by atoms with Crippen LogP contribution in [0, 0.1) is 0 Å². The Balaban J connectivity index is 0.000000133. The molecule has 0 bridgehead atoms. The highest BCUT2D eigenvalue weighted by Gasteiger charge is 1.58. The average molecular weight is 272 g/mol. The SMILES string of the molecule is c1c[nH]cn1.c1c[nH]nn1.c1cc[nH]c1.c1cn[nH]c1. The number of rotatable bonds is 0. The van der Waals surface area contributed by atoms with Gasteiger partial charge < -0.3 is 9.97 Å². The zero-order chi connectivity index (χ0) is 14.1. The molecule has 0 aliphatic carbocycles. The summed E-state index contributed by atoms with van der Waals surface area (Å²) >= 11 is 0. The van der Waals surface area contributed by atoms with Crippen LogP contribution in [0.25, 0.3) is 0 Å². The highest BCUT2D eigenvalue weighted by Crippen LogP contribution is 1.72. The van der Waals surface area contributed by atoms with E-state index in [-0.39, 0.29) is 0 Å². The van der Waals surface area contributed by atoms with Gasteiger partial charge in [-0.05, 0) is 18.2 Å².